The number of thioether (sulfide) groups is 1. The second kappa shape index (κ2) is 7.07. The molecule has 2 heteroatoms. The third-order valence-electron chi connectivity index (χ3n) is 3.74. The summed E-state index contributed by atoms with van der Waals surface area (Å²) in [4.78, 5) is 0. The van der Waals surface area contributed by atoms with Crippen molar-refractivity contribution in [1.82, 2.24) is 5.32 Å². The Morgan fingerprint density at radius 1 is 1.12 bits per heavy atom. The van der Waals surface area contributed by atoms with E-state index >= 15 is 0 Å². The van der Waals surface area contributed by atoms with Crippen LogP contribution in [0.2, 0.25) is 0 Å². The fourth-order valence-electron chi connectivity index (χ4n) is 2.72. The molecule has 1 N–H and O–H groups in total. The van der Waals surface area contributed by atoms with Gasteiger partial charge in [0.1, 0.15) is 0 Å². The minimum Gasteiger partial charge on any atom is -0.313 e. The Labute approximate surface area is 109 Å². The molecule has 94 valence electrons. The molecule has 0 unspecified atom stereocenters. The van der Waals surface area contributed by atoms with E-state index in [0.717, 1.165) is 12.0 Å². The lowest BCUT2D eigenvalue weighted by Gasteiger charge is -2.29. The Balaban J connectivity index is 1.74. The van der Waals surface area contributed by atoms with Crippen LogP contribution in [0.4, 0.5) is 0 Å². The highest BCUT2D eigenvalue weighted by Crippen LogP contribution is 2.32. The zero-order valence-corrected chi connectivity index (χ0v) is 11.5. The van der Waals surface area contributed by atoms with Gasteiger partial charge < -0.3 is 5.32 Å². The number of hydrogen-bond donors (Lipinski definition) is 1. The van der Waals surface area contributed by atoms with Crippen molar-refractivity contribution in [3.05, 3.63) is 35.9 Å². The number of rotatable bonds is 5. The summed E-state index contributed by atoms with van der Waals surface area (Å²) in [5.74, 6) is 2.04. The van der Waals surface area contributed by atoms with E-state index in [-0.39, 0.29) is 0 Å². The first-order valence-electron chi connectivity index (χ1n) is 6.67. The van der Waals surface area contributed by atoms with Crippen molar-refractivity contribution < 1.29 is 0 Å². The van der Waals surface area contributed by atoms with Gasteiger partial charge in [-0.15, -0.1) is 0 Å². The second-order valence-electron chi connectivity index (χ2n) is 4.91. The predicted molar refractivity (Wildman–Crippen MR) is 77.8 cm³/mol. The van der Waals surface area contributed by atoms with Crippen molar-refractivity contribution in [2.45, 2.75) is 37.6 Å². The molecule has 1 aliphatic carbocycles. The summed E-state index contributed by atoms with van der Waals surface area (Å²) >= 11 is 1.93. The minimum atomic E-state index is 0.766. The van der Waals surface area contributed by atoms with Gasteiger partial charge in [-0.05, 0) is 43.4 Å². The summed E-state index contributed by atoms with van der Waals surface area (Å²) < 4.78 is 0. The third-order valence-corrected chi connectivity index (χ3v) is 4.35. The smallest absolute Gasteiger partial charge is 0.00678 e. The lowest BCUT2D eigenvalue weighted by Crippen LogP contribution is -2.34. The molecule has 0 heterocycles. The van der Waals surface area contributed by atoms with Crippen molar-refractivity contribution in [3.8, 4) is 0 Å². The van der Waals surface area contributed by atoms with Gasteiger partial charge >= 0.3 is 0 Å². The van der Waals surface area contributed by atoms with Crippen LogP contribution in [0.25, 0.3) is 0 Å². The zero-order valence-electron chi connectivity index (χ0n) is 10.7. The highest BCUT2D eigenvalue weighted by molar-refractivity contribution is 7.98. The topological polar surface area (TPSA) is 12.0 Å². The number of benzene rings is 1. The van der Waals surface area contributed by atoms with E-state index < -0.39 is 0 Å². The molecular formula is C15H23NS. The van der Waals surface area contributed by atoms with Crippen LogP contribution in [-0.4, -0.2) is 24.6 Å². The molecule has 0 radical (unpaired) electrons. The SMILES string of the molecule is CSCCNC1CCC(c2ccccc2)CC1. The molecule has 2 rings (SSSR count). The minimum absolute atomic E-state index is 0.766. The molecule has 1 aliphatic rings. The van der Waals surface area contributed by atoms with Gasteiger partial charge in [0.2, 0.25) is 0 Å². The van der Waals surface area contributed by atoms with Gasteiger partial charge in [0.25, 0.3) is 0 Å². The Morgan fingerprint density at radius 3 is 2.47 bits per heavy atom. The van der Waals surface area contributed by atoms with Crippen molar-refractivity contribution in [2.75, 3.05) is 18.6 Å². The van der Waals surface area contributed by atoms with Crippen LogP contribution in [0.3, 0.4) is 0 Å². The molecule has 0 aromatic heterocycles. The number of nitrogens with one attached hydrogen (secondary N) is 1. The van der Waals surface area contributed by atoms with Gasteiger partial charge in [0.05, 0.1) is 0 Å². The van der Waals surface area contributed by atoms with Crippen LogP contribution in [0.5, 0.6) is 0 Å². The first-order chi connectivity index (χ1) is 8.40. The Kier molecular flexibility index (Phi) is 5.40. The highest BCUT2D eigenvalue weighted by Gasteiger charge is 2.21. The summed E-state index contributed by atoms with van der Waals surface area (Å²) in [7, 11) is 0. The van der Waals surface area contributed by atoms with Crippen molar-refractivity contribution in [3.63, 3.8) is 0 Å². The molecule has 1 saturated carbocycles. The highest BCUT2D eigenvalue weighted by atomic mass is 32.2. The molecule has 17 heavy (non-hydrogen) atoms. The van der Waals surface area contributed by atoms with E-state index in [1.807, 2.05) is 11.8 Å². The van der Waals surface area contributed by atoms with Gasteiger partial charge in [-0.3, -0.25) is 0 Å². The lowest BCUT2D eigenvalue weighted by molar-refractivity contribution is 0.348. The monoisotopic (exact) mass is 249 g/mol. The van der Waals surface area contributed by atoms with Gasteiger partial charge in [-0.25, -0.2) is 0 Å². The van der Waals surface area contributed by atoms with Gasteiger partial charge in [-0.1, -0.05) is 30.3 Å². The summed E-state index contributed by atoms with van der Waals surface area (Å²) in [5, 5.41) is 3.67. The molecule has 0 bridgehead atoms. The first kappa shape index (κ1) is 13.0. The van der Waals surface area contributed by atoms with Crippen molar-refractivity contribution >= 4 is 11.8 Å². The fraction of sp³-hybridized carbons (Fsp3) is 0.600. The van der Waals surface area contributed by atoms with Crippen molar-refractivity contribution in [2.24, 2.45) is 0 Å². The Hall–Kier alpha value is -0.470. The zero-order chi connectivity index (χ0) is 11.9. The van der Waals surface area contributed by atoms with E-state index in [1.54, 1.807) is 0 Å². The van der Waals surface area contributed by atoms with E-state index in [0.29, 0.717) is 0 Å². The predicted octanol–water partition coefficient (Wildman–Crippen LogP) is 3.67. The molecule has 1 aromatic carbocycles. The number of hydrogen-bond acceptors (Lipinski definition) is 2. The normalized spacial score (nSPS) is 24.8. The average molecular weight is 249 g/mol. The molecule has 0 atom stereocenters. The third kappa shape index (κ3) is 4.04. The van der Waals surface area contributed by atoms with Crippen LogP contribution in [0, 0.1) is 0 Å². The molecule has 1 nitrogen and oxygen atoms in total. The summed E-state index contributed by atoms with van der Waals surface area (Å²) in [6.45, 7) is 1.17. The Morgan fingerprint density at radius 2 is 1.82 bits per heavy atom. The maximum absolute atomic E-state index is 3.67. The molecule has 0 amide bonds. The molecular weight excluding hydrogens is 226 g/mol. The Bertz CT molecular complexity index is 304. The van der Waals surface area contributed by atoms with Crippen LogP contribution < -0.4 is 5.32 Å². The van der Waals surface area contributed by atoms with Crippen LogP contribution in [0.15, 0.2) is 30.3 Å². The van der Waals surface area contributed by atoms with Crippen molar-refractivity contribution in [1.29, 1.82) is 0 Å². The molecule has 0 spiro atoms. The van der Waals surface area contributed by atoms with Crippen LogP contribution in [0.1, 0.15) is 37.2 Å². The summed E-state index contributed by atoms with van der Waals surface area (Å²) in [5.41, 5.74) is 1.54. The molecule has 0 saturated heterocycles. The standard InChI is InChI=1S/C15H23NS/c1-17-12-11-16-15-9-7-14(8-10-15)13-5-3-2-4-6-13/h2-6,14-16H,7-12H2,1H3. The maximum atomic E-state index is 3.67. The van der Waals surface area contributed by atoms with Gasteiger partial charge in [0, 0.05) is 18.3 Å². The molecule has 0 aliphatic heterocycles. The fourth-order valence-corrected chi connectivity index (χ4v) is 3.04. The van der Waals surface area contributed by atoms with Crippen LogP contribution >= 0.6 is 11.8 Å². The first-order valence-corrected chi connectivity index (χ1v) is 8.07. The quantitative estimate of drug-likeness (QED) is 0.799. The molecule has 1 fully saturated rings. The van der Waals surface area contributed by atoms with Gasteiger partial charge in [-0.2, -0.15) is 11.8 Å². The lowest BCUT2D eigenvalue weighted by atomic mass is 9.82. The van der Waals surface area contributed by atoms with Crippen LogP contribution in [-0.2, 0) is 0 Å². The summed E-state index contributed by atoms with van der Waals surface area (Å²) in [6, 6.07) is 11.8. The maximum Gasteiger partial charge on any atom is 0.00678 e. The van der Waals surface area contributed by atoms with E-state index in [4.69, 9.17) is 0 Å². The average Bonchev–Trinajstić information content (AvgIpc) is 2.41. The largest absolute Gasteiger partial charge is 0.313 e. The van der Waals surface area contributed by atoms with E-state index in [9.17, 15) is 0 Å². The second-order valence-corrected chi connectivity index (χ2v) is 5.89. The van der Waals surface area contributed by atoms with Gasteiger partial charge in [0.15, 0.2) is 0 Å². The summed E-state index contributed by atoms with van der Waals surface area (Å²) in [6.07, 6.45) is 7.55. The van der Waals surface area contributed by atoms with E-state index in [2.05, 4.69) is 41.9 Å². The molecule has 1 aromatic rings. The van der Waals surface area contributed by atoms with E-state index in [1.165, 1.54) is 43.5 Å².